The predicted octanol–water partition coefficient (Wildman–Crippen LogP) is 2.79. The first kappa shape index (κ1) is 17.9. The summed E-state index contributed by atoms with van der Waals surface area (Å²) in [5, 5.41) is 13.2. The Labute approximate surface area is 143 Å². The number of hydrogen-bond acceptors (Lipinski definition) is 6. The topological polar surface area (TPSA) is 108 Å². The number of amides is 1. The average molecular weight is 344 g/mol. The molecular formula is C17H16N2O6. The molecule has 0 heterocycles. The minimum Gasteiger partial charge on any atom is -0.495 e. The highest BCUT2D eigenvalue weighted by Gasteiger charge is 2.20. The number of nitro benzene ring substituents is 1. The maximum Gasteiger partial charge on any atom is 0.338 e. The first-order chi connectivity index (χ1) is 11.9. The van der Waals surface area contributed by atoms with Gasteiger partial charge in [-0.25, -0.2) is 4.79 Å². The van der Waals surface area contributed by atoms with Gasteiger partial charge in [-0.2, -0.15) is 0 Å². The summed E-state index contributed by atoms with van der Waals surface area (Å²) in [4.78, 5) is 34.2. The third-order valence-corrected chi connectivity index (χ3v) is 3.33. The molecule has 0 spiro atoms. The van der Waals surface area contributed by atoms with E-state index in [9.17, 15) is 19.7 Å². The van der Waals surface area contributed by atoms with Crippen LogP contribution in [-0.2, 0) is 9.53 Å². The van der Waals surface area contributed by atoms with E-state index in [0.29, 0.717) is 11.4 Å². The molecule has 0 fully saturated rings. The van der Waals surface area contributed by atoms with Crippen molar-refractivity contribution in [3.63, 3.8) is 0 Å². The Bertz CT molecular complexity index is 788. The maximum absolute atomic E-state index is 12.2. The van der Waals surface area contributed by atoms with E-state index in [1.807, 2.05) is 0 Å². The van der Waals surface area contributed by atoms with Crippen molar-refractivity contribution >= 4 is 23.3 Å². The van der Waals surface area contributed by atoms with E-state index >= 15 is 0 Å². The number of nitrogens with one attached hydrogen (secondary N) is 1. The van der Waals surface area contributed by atoms with Crippen LogP contribution in [0.5, 0.6) is 5.75 Å². The lowest BCUT2D eigenvalue weighted by Crippen LogP contribution is -2.30. The summed E-state index contributed by atoms with van der Waals surface area (Å²) >= 11 is 0. The summed E-state index contributed by atoms with van der Waals surface area (Å²) in [6.07, 6.45) is -1.06. The van der Waals surface area contributed by atoms with Gasteiger partial charge in [0.2, 0.25) is 0 Å². The normalized spacial score (nSPS) is 11.3. The summed E-state index contributed by atoms with van der Waals surface area (Å²) in [5.41, 5.74) is 0.425. The van der Waals surface area contributed by atoms with Crippen LogP contribution in [-0.4, -0.2) is 30.0 Å². The Kier molecular flexibility index (Phi) is 5.67. The van der Waals surface area contributed by atoms with Gasteiger partial charge in [-0.05, 0) is 31.2 Å². The largest absolute Gasteiger partial charge is 0.495 e. The van der Waals surface area contributed by atoms with Gasteiger partial charge in [-0.1, -0.05) is 12.1 Å². The molecule has 1 unspecified atom stereocenters. The van der Waals surface area contributed by atoms with Crippen LogP contribution in [0.4, 0.5) is 11.4 Å². The smallest absolute Gasteiger partial charge is 0.338 e. The highest BCUT2D eigenvalue weighted by Crippen LogP contribution is 2.23. The van der Waals surface area contributed by atoms with Crippen molar-refractivity contribution in [2.24, 2.45) is 0 Å². The van der Waals surface area contributed by atoms with Crippen molar-refractivity contribution in [1.82, 2.24) is 0 Å². The highest BCUT2D eigenvalue weighted by atomic mass is 16.6. The zero-order valence-electron chi connectivity index (χ0n) is 13.6. The zero-order valence-corrected chi connectivity index (χ0v) is 13.6. The van der Waals surface area contributed by atoms with Crippen LogP contribution in [0, 0.1) is 10.1 Å². The molecule has 1 N–H and O–H groups in total. The summed E-state index contributed by atoms with van der Waals surface area (Å²) in [6, 6.07) is 11.7. The van der Waals surface area contributed by atoms with Crippen LogP contribution in [0.25, 0.3) is 0 Å². The van der Waals surface area contributed by atoms with E-state index in [2.05, 4.69) is 5.32 Å². The number of hydrogen-bond donors (Lipinski definition) is 1. The molecule has 0 radical (unpaired) electrons. The Hall–Kier alpha value is -3.42. The molecule has 0 bridgehead atoms. The van der Waals surface area contributed by atoms with Gasteiger partial charge >= 0.3 is 5.97 Å². The minimum absolute atomic E-state index is 0.113. The Balaban J connectivity index is 2.00. The summed E-state index contributed by atoms with van der Waals surface area (Å²) in [5.74, 6) is -0.804. The van der Waals surface area contributed by atoms with Crippen LogP contribution in [0.1, 0.15) is 17.3 Å². The quantitative estimate of drug-likeness (QED) is 0.490. The molecule has 8 heteroatoms. The Morgan fingerprint density at radius 1 is 1.12 bits per heavy atom. The van der Waals surface area contributed by atoms with E-state index in [1.54, 1.807) is 24.3 Å². The van der Waals surface area contributed by atoms with Crippen LogP contribution < -0.4 is 10.1 Å². The number of rotatable bonds is 6. The number of methoxy groups -OCH3 is 1. The summed E-state index contributed by atoms with van der Waals surface area (Å²) < 4.78 is 10.2. The molecule has 0 aliphatic carbocycles. The molecule has 130 valence electrons. The molecule has 0 aromatic heterocycles. The van der Waals surface area contributed by atoms with Gasteiger partial charge in [0.1, 0.15) is 5.75 Å². The van der Waals surface area contributed by atoms with E-state index in [-0.39, 0.29) is 11.3 Å². The number of nitrogens with zero attached hydrogens (tertiary/aromatic N) is 1. The van der Waals surface area contributed by atoms with Gasteiger partial charge in [0.15, 0.2) is 6.10 Å². The van der Waals surface area contributed by atoms with Crippen molar-refractivity contribution in [3.05, 3.63) is 64.2 Å². The molecule has 1 amide bonds. The van der Waals surface area contributed by atoms with Crippen molar-refractivity contribution in [3.8, 4) is 5.75 Å². The second-order valence-electron chi connectivity index (χ2n) is 5.04. The predicted molar refractivity (Wildman–Crippen MR) is 89.6 cm³/mol. The number of ether oxygens (including phenoxy) is 2. The molecule has 2 rings (SSSR count). The number of benzene rings is 2. The number of nitro groups is 1. The van der Waals surface area contributed by atoms with Crippen molar-refractivity contribution < 1.29 is 24.0 Å². The zero-order chi connectivity index (χ0) is 18.4. The number of esters is 1. The van der Waals surface area contributed by atoms with Crippen molar-refractivity contribution in [2.45, 2.75) is 13.0 Å². The Morgan fingerprint density at radius 2 is 1.76 bits per heavy atom. The fourth-order valence-electron chi connectivity index (χ4n) is 1.98. The summed E-state index contributed by atoms with van der Waals surface area (Å²) in [6.45, 7) is 1.42. The van der Waals surface area contributed by atoms with Gasteiger partial charge in [0, 0.05) is 12.1 Å². The fraction of sp³-hybridized carbons (Fsp3) is 0.176. The van der Waals surface area contributed by atoms with E-state index in [4.69, 9.17) is 9.47 Å². The second kappa shape index (κ2) is 7.91. The first-order valence-electron chi connectivity index (χ1n) is 7.31. The number of para-hydroxylation sites is 2. The lowest BCUT2D eigenvalue weighted by atomic mass is 10.2. The van der Waals surface area contributed by atoms with Crippen LogP contribution in [0.3, 0.4) is 0 Å². The summed E-state index contributed by atoms with van der Waals surface area (Å²) in [7, 11) is 1.48. The van der Waals surface area contributed by atoms with Crippen LogP contribution >= 0.6 is 0 Å². The molecule has 2 aromatic carbocycles. The van der Waals surface area contributed by atoms with E-state index in [0.717, 1.165) is 0 Å². The number of anilines is 1. The van der Waals surface area contributed by atoms with Gasteiger partial charge in [0.25, 0.3) is 11.6 Å². The van der Waals surface area contributed by atoms with E-state index < -0.39 is 22.9 Å². The lowest BCUT2D eigenvalue weighted by molar-refractivity contribution is -0.384. The number of carbonyl (C=O) groups is 2. The molecule has 0 saturated heterocycles. The van der Waals surface area contributed by atoms with Gasteiger partial charge in [0.05, 0.1) is 23.3 Å². The third kappa shape index (κ3) is 4.54. The monoisotopic (exact) mass is 344 g/mol. The number of non-ortho nitro benzene ring substituents is 1. The number of carbonyl (C=O) groups excluding carboxylic acids is 2. The van der Waals surface area contributed by atoms with Crippen molar-refractivity contribution in [1.29, 1.82) is 0 Å². The molecule has 25 heavy (non-hydrogen) atoms. The molecule has 8 nitrogen and oxygen atoms in total. The molecular weight excluding hydrogens is 328 g/mol. The molecule has 0 aliphatic heterocycles. The van der Waals surface area contributed by atoms with Gasteiger partial charge < -0.3 is 14.8 Å². The Morgan fingerprint density at radius 3 is 2.36 bits per heavy atom. The molecule has 1 atom stereocenters. The van der Waals surface area contributed by atoms with Crippen molar-refractivity contribution in [2.75, 3.05) is 12.4 Å². The fourth-order valence-corrected chi connectivity index (χ4v) is 1.98. The lowest BCUT2D eigenvalue weighted by Gasteiger charge is -2.15. The minimum atomic E-state index is -1.06. The average Bonchev–Trinajstić information content (AvgIpc) is 2.62. The second-order valence-corrected chi connectivity index (χ2v) is 5.04. The van der Waals surface area contributed by atoms with E-state index in [1.165, 1.54) is 38.3 Å². The SMILES string of the molecule is COc1ccccc1NC(=O)C(C)OC(=O)c1ccc([N+](=O)[O-])cc1. The molecule has 2 aromatic rings. The molecule has 0 aliphatic rings. The first-order valence-corrected chi connectivity index (χ1v) is 7.31. The molecule has 0 saturated carbocycles. The van der Waals surface area contributed by atoms with Crippen LogP contribution in [0.2, 0.25) is 0 Å². The third-order valence-electron chi connectivity index (χ3n) is 3.33. The van der Waals surface area contributed by atoms with Gasteiger partial charge in [-0.3, -0.25) is 14.9 Å². The van der Waals surface area contributed by atoms with Gasteiger partial charge in [-0.15, -0.1) is 0 Å². The highest BCUT2D eigenvalue weighted by molar-refractivity contribution is 5.98. The maximum atomic E-state index is 12.2. The standard InChI is InChI=1S/C17H16N2O6/c1-11(16(20)18-14-5-3-4-6-15(14)24-2)25-17(21)12-7-9-13(10-8-12)19(22)23/h3-11H,1-2H3,(H,18,20). The van der Waals surface area contributed by atoms with Crippen LogP contribution in [0.15, 0.2) is 48.5 Å².